The van der Waals surface area contributed by atoms with Crippen molar-refractivity contribution in [2.24, 2.45) is 0 Å². The van der Waals surface area contributed by atoms with Crippen molar-refractivity contribution in [2.45, 2.75) is 23.8 Å². The summed E-state index contributed by atoms with van der Waals surface area (Å²) < 4.78 is 33.2. The summed E-state index contributed by atoms with van der Waals surface area (Å²) in [5.74, 6) is 0. The predicted octanol–water partition coefficient (Wildman–Crippen LogP) is 1.75. The van der Waals surface area contributed by atoms with Crippen molar-refractivity contribution in [3.8, 4) is 0 Å². The smallest absolute Gasteiger partial charge is 0.240 e. The number of ether oxygens (including phenoxy) is 1. The number of fused-ring (bicyclic) bond motifs is 1. The van der Waals surface area contributed by atoms with Crippen LogP contribution < -0.4 is 4.72 Å². The highest BCUT2D eigenvalue weighted by Crippen LogP contribution is 2.21. The first-order valence-corrected chi connectivity index (χ1v) is 8.46. The van der Waals surface area contributed by atoms with Crippen molar-refractivity contribution in [1.29, 1.82) is 0 Å². The number of rotatable bonds is 4. The van der Waals surface area contributed by atoms with E-state index in [1.165, 1.54) is 11.3 Å². The molecule has 2 aromatic rings. The van der Waals surface area contributed by atoms with Crippen molar-refractivity contribution in [2.75, 3.05) is 13.2 Å². The quantitative estimate of drug-likeness (QED) is 0.934. The first-order chi connectivity index (χ1) is 9.15. The summed E-state index contributed by atoms with van der Waals surface area (Å²) in [6.07, 6.45) is 1.91. The fraction of sp³-hybridized carbons (Fsp3) is 0.417. The Morgan fingerprint density at radius 1 is 1.47 bits per heavy atom. The highest BCUT2D eigenvalue weighted by Gasteiger charge is 2.20. The Bertz CT molecular complexity index is 675. The van der Waals surface area contributed by atoms with Gasteiger partial charge in [-0.2, -0.15) is 0 Å². The molecule has 1 saturated heterocycles. The topological polar surface area (TPSA) is 68.3 Å². The molecule has 102 valence electrons. The molecule has 0 unspecified atom stereocenters. The van der Waals surface area contributed by atoms with Crippen LogP contribution in [-0.4, -0.2) is 32.7 Å². The minimum absolute atomic E-state index is 0.00177. The van der Waals surface area contributed by atoms with Gasteiger partial charge in [-0.1, -0.05) is 0 Å². The number of hydrogen-bond acceptors (Lipinski definition) is 5. The molecular formula is C12H14N2O3S2. The van der Waals surface area contributed by atoms with Crippen molar-refractivity contribution in [3.63, 3.8) is 0 Å². The van der Waals surface area contributed by atoms with Gasteiger partial charge in [0.15, 0.2) is 0 Å². The predicted molar refractivity (Wildman–Crippen MR) is 73.8 cm³/mol. The van der Waals surface area contributed by atoms with E-state index in [-0.39, 0.29) is 11.0 Å². The van der Waals surface area contributed by atoms with Crippen LogP contribution in [0.2, 0.25) is 0 Å². The van der Waals surface area contributed by atoms with Crippen LogP contribution in [0.1, 0.15) is 12.8 Å². The van der Waals surface area contributed by atoms with E-state index in [1.807, 2.05) is 0 Å². The van der Waals surface area contributed by atoms with E-state index in [0.717, 1.165) is 29.7 Å². The SMILES string of the molecule is O=S(=O)(NC[C@H]1CCCO1)c1ccc2ncsc2c1. The summed E-state index contributed by atoms with van der Waals surface area (Å²) in [6.45, 7) is 1.06. The van der Waals surface area contributed by atoms with Crippen molar-refractivity contribution in [1.82, 2.24) is 9.71 Å². The molecule has 1 fully saturated rings. The zero-order chi connectivity index (χ0) is 13.3. The molecular weight excluding hydrogens is 284 g/mol. The Kier molecular flexibility index (Phi) is 3.53. The van der Waals surface area contributed by atoms with Gasteiger partial charge in [-0.15, -0.1) is 11.3 Å². The second kappa shape index (κ2) is 5.16. The standard InChI is InChI=1S/C12H14N2O3S2/c15-19(16,14-7-9-2-1-5-17-9)10-3-4-11-12(6-10)18-8-13-11/h3-4,6,8-9,14H,1-2,5,7H2/t9-/m1/s1. The summed E-state index contributed by atoms with van der Waals surface area (Å²) >= 11 is 1.43. The van der Waals surface area contributed by atoms with E-state index >= 15 is 0 Å². The zero-order valence-electron chi connectivity index (χ0n) is 10.2. The molecule has 0 saturated carbocycles. The van der Waals surface area contributed by atoms with Gasteiger partial charge in [-0.3, -0.25) is 0 Å². The monoisotopic (exact) mass is 298 g/mol. The molecule has 1 aromatic carbocycles. The first-order valence-electron chi connectivity index (χ1n) is 6.10. The molecule has 19 heavy (non-hydrogen) atoms. The summed E-state index contributed by atoms with van der Waals surface area (Å²) in [4.78, 5) is 4.41. The van der Waals surface area contributed by atoms with Gasteiger partial charge in [0.05, 0.1) is 26.7 Å². The minimum Gasteiger partial charge on any atom is -0.377 e. The van der Waals surface area contributed by atoms with Crippen LogP contribution in [0.4, 0.5) is 0 Å². The van der Waals surface area contributed by atoms with E-state index in [0.29, 0.717) is 6.54 Å². The van der Waals surface area contributed by atoms with Gasteiger partial charge in [0.25, 0.3) is 0 Å². The van der Waals surface area contributed by atoms with Crippen LogP contribution in [0.3, 0.4) is 0 Å². The number of benzene rings is 1. The number of aromatic nitrogens is 1. The fourth-order valence-corrected chi connectivity index (χ4v) is 3.98. The van der Waals surface area contributed by atoms with Crippen molar-refractivity contribution >= 4 is 31.6 Å². The van der Waals surface area contributed by atoms with Gasteiger partial charge < -0.3 is 4.74 Å². The lowest BCUT2D eigenvalue weighted by Crippen LogP contribution is -2.31. The molecule has 0 bridgehead atoms. The molecule has 1 atom stereocenters. The molecule has 0 aliphatic carbocycles. The molecule has 7 heteroatoms. The van der Waals surface area contributed by atoms with E-state index < -0.39 is 10.0 Å². The highest BCUT2D eigenvalue weighted by molar-refractivity contribution is 7.89. The molecule has 5 nitrogen and oxygen atoms in total. The molecule has 1 aliphatic rings. The number of nitrogens with one attached hydrogen (secondary N) is 1. The Labute approximate surface area is 115 Å². The molecule has 0 spiro atoms. The Balaban J connectivity index is 1.78. The maximum atomic E-state index is 12.2. The third kappa shape index (κ3) is 2.79. The van der Waals surface area contributed by atoms with Crippen LogP contribution in [-0.2, 0) is 14.8 Å². The molecule has 1 aliphatic heterocycles. The highest BCUT2D eigenvalue weighted by atomic mass is 32.2. The van der Waals surface area contributed by atoms with Crippen LogP contribution in [0.25, 0.3) is 10.2 Å². The lowest BCUT2D eigenvalue weighted by Gasteiger charge is -2.11. The third-order valence-corrected chi connectivity index (χ3v) is 5.35. The van der Waals surface area contributed by atoms with Crippen molar-refractivity contribution < 1.29 is 13.2 Å². The van der Waals surface area contributed by atoms with Crippen molar-refractivity contribution in [3.05, 3.63) is 23.7 Å². The van der Waals surface area contributed by atoms with Gasteiger partial charge in [-0.25, -0.2) is 18.1 Å². The molecule has 3 rings (SSSR count). The van der Waals surface area contributed by atoms with E-state index in [2.05, 4.69) is 9.71 Å². The fourth-order valence-electron chi connectivity index (χ4n) is 2.09. The Hall–Kier alpha value is -1.02. The molecule has 1 N–H and O–H groups in total. The normalized spacial score (nSPS) is 20.1. The summed E-state index contributed by atoms with van der Waals surface area (Å²) in [5, 5.41) is 0. The van der Waals surface area contributed by atoms with Crippen LogP contribution in [0.15, 0.2) is 28.6 Å². The second-order valence-corrected chi connectivity index (χ2v) is 7.12. The lowest BCUT2D eigenvalue weighted by atomic mass is 10.2. The van der Waals surface area contributed by atoms with Gasteiger partial charge in [-0.05, 0) is 31.0 Å². The maximum Gasteiger partial charge on any atom is 0.240 e. The summed E-state index contributed by atoms with van der Waals surface area (Å²) in [6, 6.07) is 4.97. The van der Waals surface area contributed by atoms with E-state index in [9.17, 15) is 8.42 Å². The minimum atomic E-state index is -3.47. The summed E-state index contributed by atoms with van der Waals surface area (Å²) in [7, 11) is -3.47. The summed E-state index contributed by atoms with van der Waals surface area (Å²) in [5.41, 5.74) is 2.53. The molecule has 0 radical (unpaired) electrons. The Morgan fingerprint density at radius 2 is 2.37 bits per heavy atom. The first kappa shape index (κ1) is 13.0. The van der Waals surface area contributed by atoms with Crippen LogP contribution >= 0.6 is 11.3 Å². The van der Waals surface area contributed by atoms with E-state index in [1.54, 1.807) is 23.7 Å². The van der Waals surface area contributed by atoms with Gasteiger partial charge in [0.2, 0.25) is 10.0 Å². The zero-order valence-corrected chi connectivity index (χ0v) is 11.8. The second-order valence-electron chi connectivity index (χ2n) is 4.47. The maximum absolute atomic E-state index is 12.2. The number of nitrogens with zero attached hydrogens (tertiary/aromatic N) is 1. The van der Waals surface area contributed by atoms with Crippen LogP contribution in [0.5, 0.6) is 0 Å². The Morgan fingerprint density at radius 3 is 3.16 bits per heavy atom. The largest absolute Gasteiger partial charge is 0.377 e. The number of thiazole rings is 1. The van der Waals surface area contributed by atoms with Gasteiger partial charge >= 0.3 is 0 Å². The number of sulfonamides is 1. The van der Waals surface area contributed by atoms with Gasteiger partial charge in [0, 0.05) is 13.2 Å². The molecule has 0 amide bonds. The molecule has 2 heterocycles. The lowest BCUT2D eigenvalue weighted by molar-refractivity contribution is 0.114. The van der Waals surface area contributed by atoms with E-state index in [4.69, 9.17) is 4.74 Å². The van der Waals surface area contributed by atoms with Gasteiger partial charge in [0.1, 0.15) is 0 Å². The third-order valence-electron chi connectivity index (χ3n) is 3.14. The van der Waals surface area contributed by atoms with Crippen LogP contribution in [0, 0.1) is 0 Å². The average molecular weight is 298 g/mol. The molecule has 1 aromatic heterocycles. The number of hydrogen-bond donors (Lipinski definition) is 1. The average Bonchev–Trinajstić information content (AvgIpc) is 3.06.